The van der Waals surface area contributed by atoms with E-state index in [9.17, 15) is 27.2 Å². The number of hydrogen-bond acceptors (Lipinski definition) is 7. The highest BCUT2D eigenvalue weighted by Gasteiger charge is 2.30. The smallest absolute Gasteiger partial charge is 0.387 e. The van der Waals surface area contributed by atoms with Crippen molar-refractivity contribution in [2.45, 2.75) is 56.8 Å². The predicted molar refractivity (Wildman–Crippen MR) is 150 cm³/mol. The lowest BCUT2D eigenvalue weighted by atomic mass is 10.0. The SMILES string of the molecule is Cc1ccccc1S(=O)(=O)N[C@H](C)C(=O)O[C@H](Cc1c(Cl)c[n+]([O-])cc1Cl)c1ccc(OC(F)F)c(OCC2CC2)c1. The minimum absolute atomic E-state index is 0.00189. The van der Waals surface area contributed by atoms with Crippen LogP contribution in [-0.2, 0) is 26.0 Å². The van der Waals surface area contributed by atoms with Gasteiger partial charge in [-0.25, -0.2) is 8.42 Å². The van der Waals surface area contributed by atoms with Gasteiger partial charge in [0, 0.05) is 12.0 Å². The van der Waals surface area contributed by atoms with Crippen molar-refractivity contribution in [2.24, 2.45) is 5.92 Å². The Balaban J connectivity index is 1.64. The summed E-state index contributed by atoms with van der Waals surface area (Å²) in [6.45, 7) is 0.125. The van der Waals surface area contributed by atoms with Crippen LogP contribution in [0.25, 0.3) is 0 Å². The molecule has 9 nitrogen and oxygen atoms in total. The normalized spacial score (nSPS) is 14.8. The Morgan fingerprint density at radius 1 is 1.12 bits per heavy atom. The fourth-order valence-corrected chi connectivity index (χ4v) is 6.14. The highest BCUT2D eigenvalue weighted by atomic mass is 35.5. The lowest BCUT2D eigenvalue weighted by Gasteiger charge is -2.23. The van der Waals surface area contributed by atoms with Crippen molar-refractivity contribution in [3.8, 4) is 11.5 Å². The third-order valence-electron chi connectivity index (χ3n) is 6.50. The molecule has 0 bridgehead atoms. The Labute approximate surface area is 251 Å². The summed E-state index contributed by atoms with van der Waals surface area (Å²) in [4.78, 5) is 13.2. The molecular weight excluding hydrogens is 617 g/mol. The summed E-state index contributed by atoms with van der Waals surface area (Å²) in [6.07, 6.45) is 2.76. The van der Waals surface area contributed by atoms with Gasteiger partial charge in [0.05, 0.1) is 11.5 Å². The maximum atomic E-state index is 13.2. The predicted octanol–water partition coefficient (Wildman–Crippen LogP) is 5.52. The second-order valence-electron chi connectivity index (χ2n) is 9.87. The fraction of sp³-hybridized carbons (Fsp3) is 0.357. The molecule has 2 aromatic carbocycles. The lowest BCUT2D eigenvalue weighted by Crippen LogP contribution is -2.40. The first kappa shape index (κ1) is 31.7. The Hall–Kier alpha value is -3.19. The number of esters is 1. The average molecular weight is 646 g/mol. The van der Waals surface area contributed by atoms with Crippen LogP contribution in [0.15, 0.2) is 59.8 Å². The number of hydrogen-bond donors (Lipinski definition) is 1. The molecule has 1 aromatic heterocycles. The number of alkyl halides is 2. The highest BCUT2D eigenvalue weighted by Crippen LogP contribution is 2.38. The highest BCUT2D eigenvalue weighted by molar-refractivity contribution is 7.89. The molecule has 0 saturated heterocycles. The maximum Gasteiger partial charge on any atom is 0.387 e. The topological polar surface area (TPSA) is 118 Å². The number of ether oxygens (including phenoxy) is 3. The van der Waals surface area contributed by atoms with E-state index in [1.165, 1.54) is 31.2 Å². The van der Waals surface area contributed by atoms with Crippen molar-refractivity contribution < 1.29 is 40.9 Å². The van der Waals surface area contributed by atoms with Crippen LogP contribution in [0.3, 0.4) is 0 Å². The number of benzene rings is 2. The Morgan fingerprint density at radius 3 is 2.40 bits per heavy atom. The first-order valence-electron chi connectivity index (χ1n) is 12.9. The van der Waals surface area contributed by atoms with Gasteiger partial charge < -0.3 is 19.4 Å². The molecule has 4 rings (SSSR count). The molecule has 0 radical (unpaired) electrons. The van der Waals surface area contributed by atoms with Crippen molar-refractivity contribution >= 4 is 39.2 Å². The summed E-state index contributed by atoms with van der Waals surface area (Å²) in [7, 11) is -4.08. The molecule has 1 aliphatic rings. The summed E-state index contributed by atoms with van der Waals surface area (Å²) in [5.41, 5.74) is 1.05. The number of aryl methyl sites for hydroxylation is 1. The zero-order valence-corrected chi connectivity index (χ0v) is 24.9. The molecular formula is C28H28Cl2F2N2O7S. The van der Waals surface area contributed by atoms with Gasteiger partial charge in [-0.15, -0.1) is 0 Å². The number of halogens is 4. The third kappa shape index (κ3) is 8.21. The molecule has 226 valence electrons. The molecule has 1 aliphatic carbocycles. The monoisotopic (exact) mass is 644 g/mol. The molecule has 0 aliphatic heterocycles. The van der Waals surface area contributed by atoms with E-state index in [1.807, 2.05) is 0 Å². The van der Waals surface area contributed by atoms with E-state index in [2.05, 4.69) is 9.46 Å². The van der Waals surface area contributed by atoms with Crippen LogP contribution in [0.2, 0.25) is 10.0 Å². The van der Waals surface area contributed by atoms with Crippen molar-refractivity contribution in [2.75, 3.05) is 6.61 Å². The first-order chi connectivity index (χ1) is 19.8. The van der Waals surface area contributed by atoms with E-state index in [0.717, 1.165) is 25.2 Å². The summed E-state index contributed by atoms with van der Waals surface area (Å²) in [6, 6.07) is 9.01. The number of sulfonamides is 1. The Morgan fingerprint density at radius 2 is 1.79 bits per heavy atom. The Bertz CT molecular complexity index is 1530. The molecule has 0 amide bonds. The second-order valence-corrected chi connectivity index (χ2v) is 12.4. The van der Waals surface area contributed by atoms with Gasteiger partial charge >= 0.3 is 12.6 Å². The maximum absolute atomic E-state index is 13.2. The number of aromatic nitrogens is 1. The Kier molecular flexibility index (Phi) is 10.1. The summed E-state index contributed by atoms with van der Waals surface area (Å²) < 4.78 is 70.9. The quantitative estimate of drug-likeness (QED) is 0.148. The zero-order valence-electron chi connectivity index (χ0n) is 22.6. The molecule has 0 spiro atoms. The number of carbonyl (C=O) groups is 1. The molecule has 42 heavy (non-hydrogen) atoms. The van der Waals surface area contributed by atoms with Crippen LogP contribution in [0, 0.1) is 18.0 Å². The molecule has 1 heterocycles. The van der Waals surface area contributed by atoms with E-state index in [0.29, 0.717) is 21.8 Å². The number of nitrogens with zero attached hydrogens (tertiary/aromatic N) is 1. The second kappa shape index (κ2) is 13.4. The molecule has 1 fully saturated rings. The molecule has 14 heteroatoms. The van der Waals surface area contributed by atoms with E-state index >= 15 is 0 Å². The number of nitrogens with one attached hydrogen (secondary N) is 1. The number of carbonyl (C=O) groups excluding carboxylic acids is 1. The van der Waals surface area contributed by atoms with Crippen LogP contribution in [0.5, 0.6) is 11.5 Å². The number of rotatable bonds is 13. The van der Waals surface area contributed by atoms with Crippen LogP contribution in [0.4, 0.5) is 8.78 Å². The molecule has 2 atom stereocenters. The number of pyridine rings is 1. The van der Waals surface area contributed by atoms with Crippen molar-refractivity contribution in [1.82, 2.24) is 4.72 Å². The van der Waals surface area contributed by atoms with Crippen LogP contribution < -0.4 is 18.9 Å². The molecule has 0 unspecified atom stereocenters. The van der Waals surface area contributed by atoms with Gasteiger partial charge in [-0.2, -0.15) is 18.2 Å². The van der Waals surface area contributed by atoms with Gasteiger partial charge in [0.2, 0.25) is 10.0 Å². The van der Waals surface area contributed by atoms with Crippen LogP contribution in [0.1, 0.15) is 42.6 Å². The standard InChI is InChI=1S/C28H28Cl2F2N2O7S/c1-16-5-3-4-6-26(16)42(37,38)33-17(2)27(35)40-24(12-20-21(29)13-34(36)14-22(20)30)19-9-10-23(41-28(31)32)25(11-19)39-15-18-7-8-18/h3-6,9-11,13-14,17-18,24,28,33H,7-8,12,15H2,1-2H3/t17-,24-/m1/s1. The van der Waals surface area contributed by atoms with Gasteiger partial charge in [-0.3, -0.25) is 4.79 Å². The molecule has 1 N–H and O–H groups in total. The van der Waals surface area contributed by atoms with E-state index < -0.39 is 34.7 Å². The van der Waals surface area contributed by atoms with Crippen molar-refractivity contribution in [1.29, 1.82) is 0 Å². The van der Waals surface area contributed by atoms with Gasteiger partial charge in [0.25, 0.3) is 0 Å². The minimum Gasteiger partial charge on any atom is -0.619 e. The fourth-order valence-electron chi connectivity index (χ4n) is 4.11. The average Bonchev–Trinajstić information content (AvgIpc) is 3.73. The van der Waals surface area contributed by atoms with Gasteiger partial charge in [-0.05, 0) is 61.9 Å². The zero-order chi connectivity index (χ0) is 30.6. The third-order valence-corrected chi connectivity index (χ3v) is 8.85. The first-order valence-corrected chi connectivity index (χ1v) is 15.1. The van der Waals surface area contributed by atoms with E-state index in [4.69, 9.17) is 32.7 Å². The van der Waals surface area contributed by atoms with Gasteiger partial charge in [0.15, 0.2) is 23.9 Å². The van der Waals surface area contributed by atoms with Gasteiger partial charge in [0.1, 0.15) is 22.2 Å². The van der Waals surface area contributed by atoms with Gasteiger partial charge in [-0.1, -0.05) is 47.5 Å². The van der Waals surface area contributed by atoms with Crippen molar-refractivity contribution in [3.05, 3.63) is 86.8 Å². The molecule has 1 saturated carbocycles. The summed E-state index contributed by atoms with van der Waals surface area (Å²) in [5, 5.41) is 11.8. The van der Waals surface area contributed by atoms with Crippen LogP contribution >= 0.6 is 23.2 Å². The summed E-state index contributed by atoms with van der Waals surface area (Å²) in [5.74, 6) is -0.837. The van der Waals surface area contributed by atoms with E-state index in [1.54, 1.807) is 25.1 Å². The van der Waals surface area contributed by atoms with E-state index in [-0.39, 0.29) is 45.0 Å². The van der Waals surface area contributed by atoms with Crippen LogP contribution in [-0.4, -0.2) is 33.6 Å². The minimum atomic E-state index is -4.08. The molecule has 3 aromatic rings. The lowest BCUT2D eigenvalue weighted by molar-refractivity contribution is -0.605. The van der Waals surface area contributed by atoms with Crippen molar-refractivity contribution in [3.63, 3.8) is 0 Å². The largest absolute Gasteiger partial charge is 0.619 e. The summed E-state index contributed by atoms with van der Waals surface area (Å²) >= 11 is 12.6.